The van der Waals surface area contributed by atoms with Crippen LogP contribution in [0.3, 0.4) is 0 Å². The summed E-state index contributed by atoms with van der Waals surface area (Å²) in [7, 11) is 1.39. The van der Waals surface area contributed by atoms with E-state index in [1.165, 1.54) is 7.11 Å². The van der Waals surface area contributed by atoms with Gasteiger partial charge in [0.2, 0.25) is 0 Å². The predicted molar refractivity (Wildman–Crippen MR) is 110 cm³/mol. The van der Waals surface area contributed by atoms with Crippen LogP contribution in [-0.2, 0) is 23.9 Å². The van der Waals surface area contributed by atoms with Crippen molar-refractivity contribution in [3.63, 3.8) is 0 Å². The van der Waals surface area contributed by atoms with Gasteiger partial charge in [0.25, 0.3) is 0 Å². The maximum absolute atomic E-state index is 11.1. The minimum Gasteiger partial charge on any atom is -0.467 e. The van der Waals surface area contributed by atoms with Crippen LogP contribution in [0.1, 0.15) is 81.6 Å². The maximum Gasteiger partial charge on any atom is 0.338 e. The molecule has 0 aromatic carbocycles. The van der Waals surface area contributed by atoms with Gasteiger partial charge < -0.3 is 14.3 Å². The Morgan fingerprint density at radius 3 is 1.81 bits per heavy atom. The molecule has 1 aliphatic rings. The van der Waals surface area contributed by atoms with E-state index in [9.17, 15) is 14.4 Å². The van der Waals surface area contributed by atoms with Crippen LogP contribution in [0.15, 0.2) is 0 Å². The lowest BCUT2D eigenvalue weighted by molar-refractivity contribution is -0.142. The van der Waals surface area contributed by atoms with Crippen LogP contribution < -0.4 is 0 Å². The van der Waals surface area contributed by atoms with Crippen molar-refractivity contribution in [3.05, 3.63) is 0 Å². The summed E-state index contributed by atoms with van der Waals surface area (Å²) < 4.78 is 9.94. The molecule has 0 saturated carbocycles. The van der Waals surface area contributed by atoms with E-state index in [2.05, 4.69) is 32.4 Å². The molecule has 6 unspecified atom stereocenters. The van der Waals surface area contributed by atoms with Crippen LogP contribution in [0.2, 0.25) is 0 Å². The molecule has 1 rings (SSSR count). The van der Waals surface area contributed by atoms with Gasteiger partial charge in [0.05, 0.1) is 7.11 Å². The second kappa shape index (κ2) is 13.9. The summed E-state index contributed by atoms with van der Waals surface area (Å²) >= 11 is 0. The van der Waals surface area contributed by atoms with Crippen LogP contribution in [0, 0.1) is 23.7 Å². The SMILES string of the molecule is CCC(C)C(C)=O.CCC(C)C(C)C=O.CCC(C)C1(C)OC1C(=O)OC. The topological polar surface area (TPSA) is 73.0 Å². The first-order valence-corrected chi connectivity index (χ1v) is 10.2. The zero-order chi connectivity index (χ0) is 21.8. The molecule has 160 valence electrons. The van der Waals surface area contributed by atoms with Gasteiger partial charge in [-0.2, -0.15) is 0 Å². The Hall–Kier alpha value is -1.23. The lowest BCUT2D eigenvalue weighted by atomic mass is 9.90. The predicted octanol–water partition coefficient (Wildman–Crippen LogP) is 4.85. The van der Waals surface area contributed by atoms with E-state index in [0.717, 1.165) is 25.5 Å². The number of ether oxygens (including phenoxy) is 2. The van der Waals surface area contributed by atoms with Gasteiger partial charge in [-0.3, -0.25) is 4.79 Å². The zero-order valence-corrected chi connectivity index (χ0v) is 19.1. The third-order valence-electron chi connectivity index (χ3n) is 5.90. The molecular weight excluding hydrogens is 344 g/mol. The molecule has 6 atom stereocenters. The molecule has 0 N–H and O–H groups in total. The van der Waals surface area contributed by atoms with Gasteiger partial charge in [-0.25, -0.2) is 4.79 Å². The fourth-order valence-corrected chi connectivity index (χ4v) is 2.18. The zero-order valence-electron chi connectivity index (χ0n) is 19.1. The van der Waals surface area contributed by atoms with Crippen molar-refractivity contribution in [1.29, 1.82) is 0 Å². The fourth-order valence-electron chi connectivity index (χ4n) is 2.18. The molecule has 5 heteroatoms. The normalized spacial score (nSPS) is 24.6. The average Bonchev–Trinajstić information content (AvgIpc) is 3.38. The number of ketones is 1. The van der Waals surface area contributed by atoms with Gasteiger partial charge in [-0.15, -0.1) is 0 Å². The molecule has 5 nitrogen and oxygen atoms in total. The number of methoxy groups -OCH3 is 1. The Morgan fingerprint density at radius 1 is 1.07 bits per heavy atom. The number of carbonyl (C=O) groups excluding carboxylic acids is 3. The van der Waals surface area contributed by atoms with E-state index in [-0.39, 0.29) is 29.5 Å². The molecule has 1 aliphatic heterocycles. The summed E-state index contributed by atoms with van der Waals surface area (Å²) in [4.78, 5) is 31.5. The maximum atomic E-state index is 11.1. The molecule has 0 spiro atoms. The number of hydrogen-bond donors (Lipinski definition) is 0. The molecule has 0 aromatic heterocycles. The summed E-state index contributed by atoms with van der Waals surface area (Å²) in [5.41, 5.74) is -0.276. The molecule has 0 aromatic rings. The Labute approximate surface area is 166 Å². The van der Waals surface area contributed by atoms with Crippen molar-refractivity contribution < 1.29 is 23.9 Å². The second-order valence-corrected chi connectivity index (χ2v) is 7.81. The Balaban J connectivity index is 0. The quantitative estimate of drug-likeness (QED) is 0.339. The first-order chi connectivity index (χ1) is 12.5. The first kappa shape index (κ1) is 28.0. The van der Waals surface area contributed by atoms with Crippen molar-refractivity contribution >= 4 is 18.0 Å². The smallest absolute Gasteiger partial charge is 0.338 e. The van der Waals surface area contributed by atoms with Crippen LogP contribution in [0.25, 0.3) is 0 Å². The highest BCUT2D eigenvalue weighted by Crippen LogP contribution is 2.44. The number of epoxide rings is 1. The first-order valence-electron chi connectivity index (χ1n) is 10.2. The average molecular weight is 387 g/mol. The summed E-state index contributed by atoms with van der Waals surface area (Å²) in [6.07, 6.45) is 3.77. The highest BCUT2D eigenvalue weighted by molar-refractivity contribution is 5.79. The molecule has 27 heavy (non-hydrogen) atoms. The Morgan fingerprint density at radius 2 is 1.59 bits per heavy atom. The third-order valence-corrected chi connectivity index (χ3v) is 5.90. The van der Waals surface area contributed by atoms with E-state index in [0.29, 0.717) is 17.6 Å². The number of esters is 1. The fraction of sp³-hybridized carbons (Fsp3) is 0.864. The van der Waals surface area contributed by atoms with Crippen LogP contribution in [0.5, 0.6) is 0 Å². The van der Waals surface area contributed by atoms with Crippen LogP contribution in [-0.4, -0.2) is 36.9 Å². The molecular formula is C22H42O5. The lowest BCUT2D eigenvalue weighted by Gasteiger charge is -2.12. The van der Waals surface area contributed by atoms with Gasteiger partial charge >= 0.3 is 5.97 Å². The monoisotopic (exact) mass is 386 g/mol. The van der Waals surface area contributed by atoms with Crippen molar-refractivity contribution in [1.82, 2.24) is 0 Å². The number of rotatable bonds is 8. The minimum absolute atomic E-state index is 0.236. The van der Waals surface area contributed by atoms with Gasteiger partial charge in [-0.1, -0.05) is 61.3 Å². The third kappa shape index (κ3) is 10.0. The lowest BCUT2D eigenvalue weighted by Crippen LogP contribution is -2.25. The standard InChI is InChI=1S/C9H16O3.C7H14O.C6H12O/c1-5-6(2)9(3)7(12-9)8(10)11-4;1-4-6(2)7(3)5-8;1-4-5(2)6(3)7/h6-7H,5H2,1-4H3;5-7H,4H2,1-3H3;5H,4H2,1-3H3. The van der Waals surface area contributed by atoms with Crippen molar-refractivity contribution in [3.8, 4) is 0 Å². The number of aldehydes is 1. The van der Waals surface area contributed by atoms with Crippen LogP contribution >= 0.6 is 0 Å². The summed E-state index contributed by atoms with van der Waals surface area (Å²) in [6.45, 7) is 17.9. The van der Waals surface area contributed by atoms with E-state index in [1.807, 2.05) is 27.7 Å². The number of Topliss-reactive ketones (excluding diaryl/α,β-unsaturated/α-hetero) is 1. The van der Waals surface area contributed by atoms with Crippen LogP contribution in [0.4, 0.5) is 0 Å². The highest BCUT2D eigenvalue weighted by Gasteiger charge is 2.60. The van der Waals surface area contributed by atoms with Gasteiger partial charge in [0, 0.05) is 11.8 Å². The Bertz CT molecular complexity index is 448. The van der Waals surface area contributed by atoms with Crippen molar-refractivity contribution in [2.24, 2.45) is 23.7 Å². The minimum atomic E-state index is -0.336. The van der Waals surface area contributed by atoms with Gasteiger partial charge in [-0.05, 0) is 32.1 Å². The molecule has 0 amide bonds. The van der Waals surface area contributed by atoms with Crippen molar-refractivity contribution in [2.75, 3.05) is 7.11 Å². The summed E-state index contributed by atoms with van der Waals surface area (Å²) in [5.74, 6) is 1.49. The van der Waals surface area contributed by atoms with E-state index < -0.39 is 0 Å². The molecule has 1 fully saturated rings. The largest absolute Gasteiger partial charge is 0.467 e. The summed E-state index contributed by atoms with van der Waals surface area (Å²) in [6, 6.07) is 0. The van der Waals surface area contributed by atoms with Gasteiger partial charge in [0.1, 0.15) is 17.7 Å². The van der Waals surface area contributed by atoms with Gasteiger partial charge in [0.15, 0.2) is 6.10 Å². The second-order valence-electron chi connectivity index (χ2n) is 7.81. The molecule has 1 heterocycles. The summed E-state index contributed by atoms with van der Waals surface area (Å²) in [5, 5.41) is 0. The van der Waals surface area contributed by atoms with E-state index >= 15 is 0 Å². The molecule has 0 radical (unpaired) electrons. The molecule has 0 bridgehead atoms. The number of hydrogen-bond acceptors (Lipinski definition) is 5. The Kier molecular flexibility index (Phi) is 14.4. The van der Waals surface area contributed by atoms with Crippen molar-refractivity contribution in [2.45, 2.75) is 93.3 Å². The molecule has 0 aliphatic carbocycles. The van der Waals surface area contributed by atoms with E-state index in [4.69, 9.17) is 4.74 Å². The highest BCUT2D eigenvalue weighted by atomic mass is 16.7. The van der Waals surface area contributed by atoms with E-state index in [1.54, 1.807) is 6.92 Å². The number of carbonyl (C=O) groups is 3. The molecule has 1 saturated heterocycles.